The molecule has 0 aromatic carbocycles. The van der Waals surface area contributed by atoms with E-state index < -0.39 is 0 Å². The van der Waals surface area contributed by atoms with Crippen LogP contribution in [0.5, 0.6) is 0 Å². The lowest BCUT2D eigenvalue weighted by Crippen LogP contribution is -2.43. The van der Waals surface area contributed by atoms with Gasteiger partial charge in [0.2, 0.25) is 0 Å². The lowest BCUT2D eigenvalue weighted by atomic mass is 10.6. The number of nitrogens with zero attached hydrogens (tertiary/aromatic N) is 1. The van der Waals surface area contributed by atoms with Crippen LogP contribution in [0.2, 0.25) is 0 Å². The molecule has 0 aliphatic carbocycles. The van der Waals surface area contributed by atoms with Crippen molar-refractivity contribution in [1.82, 2.24) is 15.5 Å². The van der Waals surface area contributed by atoms with Crippen LogP contribution in [0.25, 0.3) is 0 Å². The van der Waals surface area contributed by atoms with E-state index in [0.717, 1.165) is 13.1 Å². The lowest BCUT2D eigenvalue weighted by Gasteiger charge is -2.17. The van der Waals surface area contributed by atoms with Crippen molar-refractivity contribution in [3.8, 4) is 0 Å². The van der Waals surface area contributed by atoms with Gasteiger partial charge >= 0.3 is 0 Å². The summed E-state index contributed by atoms with van der Waals surface area (Å²) in [6.07, 6.45) is 0.398. The maximum absolute atomic E-state index is 3.27. The standard InChI is InChI=1S/C5H13N3/c1-6-5-7-3-4-8(5)2/h5-7H,3-4H2,1-2H3. The van der Waals surface area contributed by atoms with E-state index in [4.69, 9.17) is 0 Å². The predicted octanol–water partition coefficient (Wildman–Crippen LogP) is -0.976. The molecule has 1 aliphatic rings. The Kier molecular flexibility index (Phi) is 1.83. The minimum atomic E-state index is 0.398. The van der Waals surface area contributed by atoms with Gasteiger partial charge in [-0.15, -0.1) is 0 Å². The second-order valence-electron chi connectivity index (χ2n) is 2.13. The van der Waals surface area contributed by atoms with Crippen LogP contribution in [0.1, 0.15) is 0 Å². The van der Waals surface area contributed by atoms with Crippen molar-refractivity contribution in [2.45, 2.75) is 6.29 Å². The maximum Gasteiger partial charge on any atom is 0.114 e. The summed E-state index contributed by atoms with van der Waals surface area (Å²) in [5.41, 5.74) is 0. The van der Waals surface area contributed by atoms with E-state index in [-0.39, 0.29) is 0 Å². The van der Waals surface area contributed by atoms with Crippen molar-refractivity contribution >= 4 is 0 Å². The first-order valence-electron chi connectivity index (χ1n) is 2.95. The second-order valence-corrected chi connectivity index (χ2v) is 2.13. The van der Waals surface area contributed by atoms with E-state index in [1.807, 2.05) is 7.05 Å². The lowest BCUT2D eigenvalue weighted by molar-refractivity contribution is 0.261. The van der Waals surface area contributed by atoms with Crippen LogP contribution in [0.4, 0.5) is 0 Å². The van der Waals surface area contributed by atoms with Crippen LogP contribution >= 0.6 is 0 Å². The first kappa shape index (κ1) is 6.01. The van der Waals surface area contributed by atoms with Crippen LogP contribution in [0, 0.1) is 0 Å². The summed E-state index contributed by atoms with van der Waals surface area (Å²) in [6, 6.07) is 0. The third-order valence-electron chi connectivity index (χ3n) is 1.52. The van der Waals surface area contributed by atoms with E-state index in [0.29, 0.717) is 6.29 Å². The van der Waals surface area contributed by atoms with Crippen LogP contribution in [0.15, 0.2) is 0 Å². The largest absolute Gasteiger partial charge is 0.293 e. The van der Waals surface area contributed by atoms with Gasteiger partial charge in [0, 0.05) is 13.1 Å². The molecule has 0 aromatic heterocycles. The van der Waals surface area contributed by atoms with E-state index >= 15 is 0 Å². The van der Waals surface area contributed by atoms with Crippen LogP contribution < -0.4 is 10.6 Å². The highest BCUT2D eigenvalue weighted by atomic mass is 15.4. The Morgan fingerprint density at radius 1 is 1.75 bits per heavy atom. The minimum absolute atomic E-state index is 0.398. The Morgan fingerprint density at radius 3 is 2.75 bits per heavy atom. The Hall–Kier alpha value is -0.120. The molecule has 8 heavy (non-hydrogen) atoms. The third-order valence-corrected chi connectivity index (χ3v) is 1.52. The van der Waals surface area contributed by atoms with Crippen LogP contribution in [-0.4, -0.2) is 38.4 Å². The van der Waals surface area contributed by atoms with Gasteiger partial charge in [-0.3, -0.25) is 15.5 Å². The Balaban J connectivity index is 2.30. The fourth-order valence-electron chi connectivity index (χ4n) is 0.985. The summed E-state index contributed by atoms with van der Waals surface area (Å²) >= 11 is 0. The molecule has 1 aliphatic heterocycles. The van der Waals surface area contributed by atoms with Gasteiger partial charge in [-0.1, -0.05) is 0 Å². The van der Waals surface area contributed by atoms with Gasteiger partial charge in [0.25, 0.3) is 0 Å². The Bertz CT molecular complexity index is 74.1. The monoisotopic (exact) mass is 115 g/mol. The smallest absolute Gasteiger partial charge is 0.114 e. The van der Waals surface area contributed by atoms with E-state index in [1.54, 1.807) is 0 Å². The molecule has 0 radical (unpaired) electrons. The zero-order valence-electron chi connectivity index (χ0n) is 5.44. The first-order valence-corrected chi connectivity index (χ1v) is 2.95. The fraction of sp³-hybridized carbons (Fsp3) is 1.00. The first-order chi connectivity index (χ1) is 3.84. The molecule has 48 valence electrons. The molecule has 1 fully saturated rings. The molecule has 1 heterocycles. The third kappa shape index (κ3) is 0.992. The van der Waals surface area contributed by atoms with Gasteiger partial charge in [-0.25, -0.2) is 0 Å². The fourth-order valence-corrected chi connectivity index (χ4v) is 0.985. The molecule has 3 nitrogen and oxygen atoms in total. The minimum Gasteiger partial charge on any atom is -0.293 e. The normalized spacial score (nSPS) is 31.5. The topological polar surface area (TPSA) is 27.3 Å². The average molecular weight is 115 g/mol. The highest BCUT2D eigenvalue weighted by Gasteiger charge is 2.16. The molecule has 2 N–H and O–H groups in total. The maximum atomic E-state index is 3.27. The van der Waals surface area contributed by atoms with Crippen molar-refractivity contribution in [3.63, 3.8) is 0 Å². The molecular weight excluding hydrogens is 102 g/mol. The zero-order chi connectivity index (χ0) is 5.98. The number of hydrogen-bond donors (Lipinski definition) is 2. The van der Waals surface area contributed by atoms with E-state index in [9.17, 15) is 0 Å². The van der Waals surface area contributed by atoms with Gasteiger partial charge in [0.15, 0.2) is 0 Å². The molecule has 0 spiro atoms. The van der Waals surface area contributed by atoms with Gasteiger partial charge in [0.05, 0.1) is 0 Å². The molecule has 0 aromatic rings. The molecule has 0 bridgehead atoms. The summed E-state index contributed by atoms with van der Waals surface area (Å²) in [7, 11) is 4.06. The van der Waals surface area contributed by atoms with Crippen LogP contribution in [0.3, 0.4) is 0 Å². The SMILES string of the molecule is CNC1NCCN1C. The summed E-state index contributed by atoms with van der Waals surface area (Å²) in [5, 5.41) is 6.40. The Morgan fingerprint density at radius 2 is 2.50 bits per heavy atom. The van der Waals surface area contributed by atoms with Crippen molar-refractivity contribution in [2.75, 3.05) is 27.2 Å². The number of nitrogens with one attached hydrogen (secondary N) is 2. The van der Waals surface area contributed by atoms with Crippen molar-refractivity contribution in [2.24, 2.45) is 0 Å². The zero-order valence-corrected chi connectivity index (χ0v) is 5.44. The Labute approximate surface area is 50.1 Å². The van der Waals surface area contributed by atoms with Crippen molar-refractivity contribution in [3.05, 3.63) is 0 Å². The average Bonchev–Trinajstić information content (AvgIpc) is 2.14. The number of likely N-dealkylation sites (N-methyl/N-ethyl adjacent to an activating group) is 1. The summed E-state index contributed by atoms with van der Waals surface area (Å²) in [4.78, 5) is 2.24. The van der Waals surface area contributed by atoms with Crippen LogP contribution in [-0.2, 0) is 0 Å². The predicted molar refractivity (Wildman–Crippen MR) is 33.5 cm³/mol. The quantitative estimate of drug-likeness (QED) is 0.460. The van der Waals surface area contributed by atoms with E-state index in [1.165, 1.54) is 0 Å². The molecule has 0 saturated carbocycles. The van der Waals surface area contributed by atoms with Gasteiger partial charge in [-0.2, -0.15) is 0 Å². The van der Waals surface area contributed by atoms with Gasteiger partial charge in [-0.05, 0) is 14.1 Å². The molecule has 1 rings (SSSR count). The molecule has 3 heteroatoms. The highest BCUT2D eigenvalue weighted by molar-refractivity contribution is 4.70. The molecule has 1 atom stereocenters. The van der Waals surface area contributed by atoms with E-state index in [2.05, 4.69) is 22.6 Å². The van der Waals surface area contributed by atoms with Crippen molar-refractivity contribution < 1.29 is 0 Å². The van der Waals surface area contributed by atoms with Gasteiger partial charge in [0.1, 0.15) is 6.29 Å². The molecule has 1 saturated heterocycles. The molecule has 1 unspecified atom stereocenters. The summed E-state index contributed by atoms with van der Waals surface area (Å²) in [6.45, 7) is 2.24. The van der Waals surface area contributed by atoms with Crippen molar-refractivity contribution in [1.29, 1.82) is 0 Å². The second kappa shape index (κ2) is 2.44. The molecular formula is C5H13N3. The summed E-state index contributed by atoms with van der Waals surface area (Å²) < 4.78 is 0. The highest BCUT2D eigenvalue weighted by Crippen LogP contribution is 1.92. The number of hydrogen-bond acceptors (Lipinski definition) is 3. The summed E-state index contributed by atoms with van der Waals surface area (Å²) in [5.74, 6) is 0. The molecule has 0 amide bonds. The number of rotatable bonds is 1. The van der Waals surface area contributed by atoms with Gasteiger partial charge < -0.3 is 0 Å².